The van der Waals surface area contributed by atoms with Crippen LogP contribution in [0.5, 0.6) is 0 Å². The summed E-state index contributed by atoms with van der Waals surface area (Å²) < 4.78 is 5.29. The third-order valence-corrected chi connectivity index (χ3v) is 3.73. The smallest absolute Gasteiger partial charge is 0.237 e. The molecule has 0 aliphatic carbocycles. The molecule has 4 nitrogen and oxygen atoms in total. The molecule has 1 saturated heterocycles. The summed E-state index contributed by atoms with van der Waals surface area (Å²) >= 11 is 0. The lowest BCUT2D eigenvalue weighted by Gasteiger charge is -2.29. The molecule has 4 heteroatoms. The van der Waals surface area contributed by atoms with Gasteiger partial charge >= 0.3 is 0 Å². The van der Waals surface area contributed by atoms with Crippen molar-refractivity contribution < 1.29 is 9.21 Å². The molecule has 3 unspecified atom stereocenters. The largest absolute Gasteiger partial charge is 0.467 e. The van der Waals surface area contributed by atoms with E-state index in [2.05, 4.69) is 17.6 Å². The van der Waals surface area contributed by atoms with Crippen LogP contribution in [0.4, 0.5) is 0 Å². The number of amides is 1. The summed E-state index contributed by atoms with van der Waals surface area (Å²) in [5.74, 6) is 1.55. The van der Waals surface area contributed by atoms with E-state index in [4.69, 9.17) is 4.42 Å². The third kappa shape index (κ3) is 3.13. The number of carbonyl (C=O) groups excluding carboxylic acids is 1. The van der Waals surface area contributed by atoms with Crippen LogP contribution in [0.3, 0.4) is 0 Å². The first-order valence-electron chi connectivity index (χ1n) is 6.77. The normalized spacial score (nSPS) is 25.7. The van der Waals surface area contributed by atoms with Crippen molar-refractivity contribution in [1.82, 2.24) is 10.6 Å². The number of hydrogen-bond donors (Lipinski definition) is 2. The summed E-state index contributed by atoms with van der Waals surface area (Å²) in [5, 5.41) is 6.29. The first-order chi connectivity index (χ1) is 8.70. The third-order valence-electron chi connectivity index (χ3n) is 3.73. The first-order valence-corrected chi connectivity index (χ1v) is 6.77. The molecule has 1 aliphatic rings. The van der Waals surface area contributed by atoms with E-state index in [1.165, 1.54) is 6.42 Å². The standard InChI is InChI=1S/C14H22N2O2/c1-3-11-6-7-15-12(9-11)14(17)16-10(2)13-5-4-8-18-13/h4-5,8,10-12,15H,3,6-7,9H2,1-2H3,(H,16,17). The molecule has 1 aliphatic heterocycles. The van der Waals surface area contributed by atoms with Gasteiger partial charge in [-0.05, 0) is 44.4 Å². The molecule has 18 heavy (non-hydrogen) atoms. The van der Waals surface area contributed by atoms with E-state index in [0.29, 0.717) is 5.92 Å². The molecule has 0 aromatic carbocycles. The van der Waals surface area contributed by atoms with Crippen LogP contribution in [0.2, 0.25) is 0 Å². The Balaban J connectivity index is 1.87. The maximum Gasteiger partial charge on any atom is 0.237 e. The Labute approximate surface area is 108 Å². The predicted molar refractivity (Wildman–Crippen MR) is 70.1 cm³/mol. The highest BCUT2D eigenvalue weighted by Gasteiger charge is 2.27. The zero-order valence-corrected chi connectivity index (χ0v) is 11.1. The average molecular weight is 250 g/mol. The minimum Gasteiger partial charge on any atom is -0.467 e. The van der Waals surface area contributed by atoms with Crippen molar-refractivity contribution in [3.63, 3.8) is 0 Å². The molecule has 0 radical (unpaired) electrons. The molecule has 0 saturated carbocycles. The number of furan rings is 1. The minimum absolute atomic E-state index is 0.0545. The van der Waals surface area contributed by atoms with Crippen molar-refractivity contribution in [3.8, 4) is 0 Å². The van der Waals surface area contributed by atoms with E-state index in [-0.39, 0.29) is 18.0 Å². The van der Waals surface area contributed by atoms with Crippen LogP contribution in [-0.4, -0.2) is 18.5 Å². The number of carbonyl (C=O) groups is 1. The first kappa shape index (κ1) is 13.1. The molecule has 1 amide bonds. The molecule has 1 aromatic heterocycles. The Morgan fingerprint density at radius 2 is 2.50 bits per heavy atom. The molecule has 100 valence electrons. The Bertz CT molecular complexity index is 375. The van der Waals surface area contributed by atoms with Gasteiger partial charge in [-0.1, -0.05) is 13.3 Å². The van der Waals surface area contributed by atoms with Crippen molar-refractivity contribution in [2.24, 2.45) is 5.92 Å². The minimum atomic E-state index is -0.0729. The molecular formula is C14H22N2O2. The SMILES string of the molecule is CCC1CCNC(C(=O)NC(C)c2ccco2)C1. The zero-order valence-electron chi connectivity index (χ0n) is 11.1. The van der Waals surface area contributed by atoms with Gasteiger partial charge in [0.25, 0.3) is 0 Å². The Morgan fingerprint density at radius 1 is 1.67 bits per heavy atom. The number of piperidine rings is 1. The number of nitrogens with one attached hydrogen (secondary N) is 2. The van der Waals surface area contributed by atoms with E-state index >= 15 is 0 Å². The summed E-state index contributed by atoms with van der Waals surface area (Å²) in [6.45, 7) is 5.07. The van der Waals surface area contributed by atoms with Crippen molar-refractivity contribution in [2.45, 2.75) is 45.2 Å². The second-order valence-corrected chi connectivity index (χ2v) is 5.05. The van der Waals surface area contributed by atoms with Crippen LogP contribution in [0.1, 0.15) is 44.9 Å². The fourth-order valence-electron chi connectivity index (χ4n) is 2.49. The Kier molecular flexibility index (Phi) is 4.42. The second kappa shape index (κ2) is 6.05. The van der Waals surface area contributed by atoms with Gasteiger partial charge in [-0.3, -0.25) is 4.79 Å². The van der Waals surface area contributed by atoms with Gasteiger partial charge in [0.2, 0.25) is 5.91 Å². The maximum absolute atomic E-state index is 12.1. The van der Waals surface area contributed by atoms with E-state index in [1.54, 1.807) is 6.26 Å². The number of hydrogen-bond acceptors (Lipinski definition) is 3. The molecule has 3 atom stereocenters. The average Bonchev–Trinajstić information content (AvgIpc) is 2.92. The van der Waals surface area contributed by atoms with Crippen LogP contribution in [0, 0.1) is 5.92 Å². The quantitative estimate of drug-likeness (QED) is 0.861. The van der Waals surface area contributed by atoms with Crippen molar-refractivity contribution >= 4 is 5.91 Å². The Hall–Kier alpha value is -1.29. The van der Waals surface area contributed by atoms with Crippen LogP contribution < -0.4 is 10.6 Å². The van der Waals surface area contributed by atoms with Crippen LogP contribution in [-0.2, 0) is 4.79 Å². The van der Waals surface area contributed by atoms with Gasteiger partial charge in [-0.2, -0.15) is 0 Å². The van der Waals surface area contributed by atoms with E-state index < -0.39 is 0 Å². The van der Waals surface area contributed by atoms with Crippen LogP contribution >= 0.6 is 0 Å². The summed E-state index contributed by atoms with van der Waals surface area (Å²) in [6.07, 6.45) is 4.89. The van der Waals surface area contributed by atoms with E-state index in [0.717, 1.165) is 25.1 Å². The maximum atomic E-state index is 12.1. The van der Waals surface area contributed by atoms with Gasteiger partial charge in [0.1, 0.15) is 5.76 Å². The van der Waals surface area contributed by atoms with Crippen molar-refractivity contribution in [1.29, 1.82) is 0 Å². The highest BCUT2D eigenvalue weighted by Crippen LogP contribution is 2.20. The van der Waals surface area contributed by atoms with Crippen molar-refractivity contribution in [3.05, 3.63) is 24.2 Å². The van der Waals surface area contributed by atoms with Gasteiger partial charge in [-0.25, -0.2) is 0 Å². The van der Waals surface area contributed by atoms with Gasteiger partial charge in [-0.15, -0.1) is 0 Å². The summed E-state index contributed by atoms with van der Waals surface area (Å²) in [6, 6.07) is 3.59. The molecule has 1 fully saturated rings. The lowest BCUT2D eigenvalue weighted by Crippen LogP contribution is -2.49. The molecule has 2 heterocycles. The summed E-state index contributed by atoms with van der Waals surface area (Å²) in [4.78, 5) is 12.1. The van der Waals surface area contributed by atoms with Gasteiger partial charge in [0.15, 0.2) is 0 Å². The van der Waals surface area contributed by atoms with Crippen LogP contribution in [0.25, 0.3) is 0 Å². The second-order valence-electron chi connectivity index (χ2n) is 5.05. The van der Waals surface area contributed by atoms with E-state index in [9.17, 15) is 4.79 Å². The zero-order chi connectivity index (χ0) is 13.0. The topological polar surface area (TPSA) is 54.3 Å². The van der Waals surface area contributed by atoms with Gasteiger partial charge in [0, 0.05) is 0 Å². The fourth-order valence-corrected chi connectivity index (χ4v) is 2.49. The lowest BCUT2D eigenvalue weighted by molar-refractivity contribution is -0.124. The molecule has 2 rings (SSSR count). The van der Waals surface area contributed by atoms with Crippen LogP contribution in [0.15, 0.2) is 22.8 Å². The molecule has 1 aromatic rings. The van der Waals surface area contributed by atoms with Gasteiger partial charge < -0.3 is 15.1 Å². The summed E-state index contributed by atoms with van der Waals surface area (Å²) in [5.41, 5.74) is 0. The molecule has 0 spiro atoms. The Morgan fingerprint density at radius 3 is 3.17 bits per heavy atom. The highest BCUT2D eigenvalue weighted by molar-refractivity contribution is 5.82. The lowest BCUT2D eigenvalue weighted by atomic mass is 9.90. The summed E-state index contributed by atoms with van der Waals surface area (Å²) in [7, 11) is 0. The number of rotatable bonds is 4. The monoisotopic (exact) mass is 250 g/mol. The van der Waals surface area contributed by atoms with Crippen molar-refractivity contribution in [2.75, 3.05) is 6.54 Å². The molecular weight excluding hydrogens is 228 g/mol. The van der Waals surface area contributed by atoms with E-state index in [1.807, 2.05) is 19.1 Å². The molecule has 0 bridgehead atoms. The predicted octanol–water partition coefficient (Wildman–Crippen LogP) is 2.23. The fraction of sp³-hybridized carbons (Fsp3) is 0.643. The molecule has 2 N–H and O–H groups in total. The van der Waals surface area contributed by atoms with Gasteiger partial charge in [0.05, 0.1) is 18.3 Å². The highest BCUT2D eigenvalue weighted by atomic mass is 16.3.